The summed E-state index contributed by atoms with van der Waals surface area (Å²) in [5, 5.41) is 9.54. The number of carbonyl (C=O) groups excluding carboxylic acids is 3. The quantitative estimate of drug-likeness (QED) is 0.182. The third-order valence-electron chi connectivity index (χ3n) is 10.5. The maximum absolute atomic E-state index is 14.4. The molecule has 3 amide bonds. The number of nitrogens with one attached hydrogen (secondary N) is 3. The Bertz CT molecular complexity index is 1910. The molecule has 0 saturated carbocycles. The first-order chi connectivity index (χ1) is 25.8. The van der Waals surface area contributed by atoms with Gasteiger partial charge in [0.15, 0.2) is 0 Å². The molecule has 0 aliphatic carbocycles. The second kappa shape index (κ2) is 15.6. The van der Waals surface area contributed by atoms with E-state index in [0.29, 0.717) is 17.1 Å². The Balaban J connectivity index is 1.90. The zero-order valence-corrected chi connectivity index (χ0v) is 38.2. The predicted octanol–water partition coefficient (Wildman–Crippen LogP) is 13.2. The molecule has 0 aliphatic heterocycles. The standard InChI is InChI=1S/C51H69N3O3/c1-46(2,3)34-19-22-37(49(10,11)12)40(28-34)52-43(55)31-25-32(44(56)53-41-29-35(47(4,5)6)20-23-38(41)50(13,14)15)27-33(26-31)45(57)54-42-30-36(48(7,8)9)21-24-39(42)51(16,17)18/h19-30H,1-18H3,(H,52,55)(H,53,56)(H,54,57). The largest absolute Gasteiger partial charge is 0.322 e. The number of amides is 3. The van der Waals surface area contributed by atoms with E-state index in [2.05, 4.69) is 177 Å². The average Bonchev–Trinajstić information content (AvgIpc) is 3.05. The smallest absolute Gasteiger partial charge is 0.255 e. The predicted molar refractivity (Wildman–Crippen MR) is 242 cm³/mol. The van der Waals surface area contributed by atoms with Crippen LogP contribution < -0.4 is 16.0 Å². The van der Waals surface area contributed by atoms with E-state index in [9.17, 15) is 14.4 Å². The molecule has 4 aromatic rings. The first kappa shape index (κ1) is 45.0. The van der Waals surface area contributed by atoms with Gasteiger partial charge < -0.3 is 16.0 Å². The molecule has 6 heteroatoms. The summed E-state index contributed by atoms with van der Waals surface area (Å²) in [4.78, 5) is 43.3. The maximum atomic E-state index is 14.4. The van der Waals surface area contributed by atoms with Crippen LogP contribution in [0.5, 0.6) is 0 Å². The van der Waals surface area contributed by atoms with E-state index in [-0.39, 0.29) is 49.2 Å². The average molecular weight is 772 g/mol. The molecule has 0 aromatic heterocycles. The van der Waals surface area contributed by atoms with Crippen LogP contribution in [0.2, 0.25) is 0 Å². The lowest BCUT2D eigenvalue weighted by Crippen LogP contribution is -2.24. The molecule has 6 nitrogen and oxygen atoms in total. The summed E-state index contributed by atoms with van der Waals surface area (Å²) >= 11 is 0. The number of rotatable bonds is 6. The molecule has 0 saturated heterocycles. The van der Waals surface area contributed by atoms with Crippen molar-refractivity contribution in [2.45, 2.75) is 157 Å². The molecular weight excluding hydrogens is 703 g/mol. The van der Waals surface area contributed by atoms with Crippen molar-refractivity contribution in [2.75, 3.05) is 16.0 Å². The Morgan fingerprint density at radius 1 is 0.316 bits per heavy atom. The van der Waals surface area contributed by atoms with Crippen LogP contribution in [0.15, 0.2) is 72.8 Å². The van der Waals surface area contributed by atoms with Crippen molar-refractivity contribution in [2.24, 2.45) is 0 Å². The second-order valence-electron chi connectivity index (χ2n) is 21.9. The van der Waals surface area contributed by atoms with Gasteiger partial charge in [0, 0.05) is 33.8 Å². The molecule has 0 heterocycles. The van der Waals surface area contributed by atoms with E-state index in [1.54, 1.807) is 18.2 Å². The van der Waals surface area contributed by atoms with Crippen molar-refractivity contribution in [1.29, 1.82) is 0 Å². The number of carbonyl (C=O) groups is 3. The summed E-state index contributed by atoms with van der Waals surface area (Å²) < 4.78 is 0. The van der Waals surface area contributed by atoms with Crippen molar-refractivity contribution in [3.63, 3.8) is 0 Å². The topological polar surface area (TPSA) is 87.3 Å². The fourth-order valence-electron chi connectivity index (χ4n) is 6.91. The minimum absolute atomic E-state index is 0.147. The molecule has 4 rings (SSSR count). The van der Waals surface area contributed by atoms with E-state index in [1.807, 2.05) is 18.2 Å². The van der Waals surface area contributed by atoms with Gasteiger partial charge in [-0.15, -0.1) is 0 Å². The van der Waals surface area contributed by atoms with E-state index >= 15 is 0 Å². The van der Waals surface area contributed by atoms with E-state index in [0.717, 1.165) is 33.4 Å². The Kier molecular flexibility index (Phi) is 12.3. The van der Waals surface area contributed by atoms with E-state index in [4.69, 9.17) is 0 Å². The van der Waals surface area contributed by atoms with Gasteiger partial charge in [-0.2, -0.15) is 0 Å². The van der Waals surface area contributed by atoms with E-state index < -0.39 is 17.7 Å². The normalized spacial score (nSPS) is 12.9. The summed E-state index contributed by atoms with van der Waals surface area (Å²) in [5.41, 5.74) is 7.67. The Hall–Kier alpha value is -4.71. The van der Waals surface area contributed by atoms with Gasteiger partial charge in [-0.3, -0.25) is 14.4 Å². The third kappa shape index (κ3) is 11.0. The molecule has 306 valence electrons. The monoisotopic (exact) mass is 772 g/mol. The summed E-state index contributed by atoms with van der Waals surface area (Å²) in [6.07, 6.45) is 0. The maximum Gasteiger partial charge on any atom is 0.255 e. The molecule has 0 fully saturated rings. The summed E-state index contributed by atoms with van der Waals surface area (Å²) in [6, 6.07) is 23.4. The highest BCUT2D eigenvalue weighted by Crippen LogP contribution is 2.37. The van der Waals surface area contributed by atoms with Crippen LogP contribution >= 0.6 is 0 Å². The Labute approximate surface area is 344 Å². The molecule has 3 N–H and O–H groups in total. The lowest BCUT2D eigenvalue weighted by atomic mass is 9.81. The zero-order valence-electron chi connectivity index (χ0n) is 38.2. The Morgan fingerprint density at radius 3 is 0.702 bits per heavy atom. The van der Waals surface area contributed by atoms with Gasteiger partial charge in [0.1, 0.15) is 0 Å². The first-order valence-electron chi connectivity index (χ1n) is 20.3. The van der Waals surface area contributed by atoms with Crippen LogP contribution in [0.25, 0.3) is 0 Å². The minimum atomic E-state index is -0.412. The van der Waals surface area contributed by atoms with Crippen molar-refractivity contribution < 1.29 is 14.4 Å². The van der Waals surface area contributed by atoms with Gasteiger partial charge in [0.2, 0.25) is 0 Å². The number of benzene rings is 4. The molecule has 0 spiro atoms. The van der Waals surface area contributed by atoms with Crippen LogP contribution in [-0.2, 0) is 32.5 Å². The Morgan fingerprint density at radius 2 is 0.526 bits per heavy atom. The number of hydrogen-bond donors (Lipinski definition) is 3. The van der Waals surface area contributed by atoms with Crippen molar-refractivity contribution in [3.8, 4) is 0 Å². The highest BCUT2D eigenvalue weighted by molar-refractivity contribution is 6.13. The number of anilines is 3. The molecular formula is C51H69N3O3. The molecule has 0 aliphatic rings. The van der Waals surface area contributed by atoms with Gasteiger partial charge in [-0.1, -0.05) is 161 Å². The summed E-state index contributed by atoms with van der Waals surface area (Å²) in [5.74, 6) is -1.23. The lowest BCUT2D eigenvalue weighted by molar-refractivity contribution is 0.102. The van der Waals surface area contributed by atoms with Crippen LogP contribution in [0.3, 0.4) is 0 Å². The SMILES string of the molecule is CC(C)(C)c1ccc(C(C)(C)C)c(NC(=O)c2cc(C(=O)Nc3cc(C(C)(C)C)ccc3C(C)(C)C)cc(C(=O)Nc3cc(C(C)(C)C)ccc3C(C)(C)C)c2)c1. The fraction of sp³-hybridized carbons (Fsp3) is 0.471. The van der Waals surface area contributed by atoms with Crippen molar-refractivity contribution in [1.82, 2.24) is 0 Å². The van der Waals surface area contributed by atoms with Crippen molar-refractivity contribution in [3.05, 3.63) is 123 Å². The van der Waals surface area contributed by atoms with Gasteiger partial charge in [0.05, 0.1) is 0 Å². The van der Waals surface area contributed by atoms with Crippen LogP contribution in [0, 0.1) is 0 Å². The second-order valence-corrected chi connectivity index (χ2v) is 21.9. The molecule has 57 heavy (non-hydrogen) atoms. The van der Waals surface area contributed by atoms with E-state index in [1.165, 1.54) is 0 Å². The molecule has 4 aromatic carbocycles. The highest BCUT2D eigenvalue weighted by Gasteiger charge is 2.28. The number of hydrogen-bond acceptors (Lipinski definition) is 3. The van der Waals surface area contributed by atoms with Gasteiger partial charge in [0.25, 0.3) is 17.7 Å². The molecule has 0 atom stereocenters. The summed E-state index contributed by atoms with van der Waals surface area (Å²) in [6.45, 7) is 38.3. The van der Waals surface area contributed by atoms with Crippen LogP contribution in [0.4, 0.5) is 17.1 Å². The highest BCUT2D eigenvalue weighted by atomic mass is 16.2. The molecule has 0 unspecified atom stereocenters. The molecule has 0 bridgehead atoms. The first-order valence-corrected chi connectivity index (χ1v) is 20.3. The third-order valence-corrected chi connectivity index (χ3v) is 10.5. The minimum Gasteiger partial charge on any atom is -0.322 e. The molecule has 0 radical (unpaired) electrons. The fourth-order valence-corrected chi connectivity index (χ4v) is 6.91. The van der Waals surface area contributed by atoms with Crippen LogP contribution in [-0.4, -0.2) is 17.7 Å². The lowest BCUT2D eigenvalue weighted by Gasteiger charge is -2.27. The van der Waals surface area contributed by atoms with Gasteiger partial charge in [-0.05, 0) is 102 Å². The van der Waals surface area contributed by atoms with Crippen LogP contribution in [0.1, 0.15) is 189 Å². The van der Waals surface area contributed by atoms with Crippen molar-refractivity contribution >= 4 is 34.8 Å². The van der Waals surface area contributed by atoms with Gasteiger partial charge >= 0.3 is 0 Å². The zero-order chi connectivity index (χ0) is 43.3. The van der Waals surface area contributed by atoms with Gasteiger partial charge in [-0.25, -0.2) is 0 Å². The summed E-state index contributed by atoms with van der Waals surface area (Å²) in [7, 11) is 0.